The summed E-state index contributed by atoms with van der Waals surface area (Å²) in [4.78, 5) is 12.6. The molecule has 2 rings (SSSR count). The van der Waals surface area contributed by atoms with Crippen molar-refractivity contribution in [3.8, 4) is 17.2 Å². The highest BCUT2D eigenvalue weighted by Gasteiger charge is 2.22. The first-order chi connectivity index (χ1) is 12.1. The van der Waals surface area contributed by atoms with Gasteiger partial charge in [-0.25, -0.2) is 0 Å². The Kier molecular flexibility index (Phi) is 6.69. The first-order valence-corrected chi connectivity index (χ1v) is 8.33. The molecule has 0 bridgehead atoms. The molecule has 0 aliphatic heterocycles. The highest BCUT2D eigenvalue weighted by Crippen LogP contribution is 2.25. The molecule has 5 nitrogen and oxygen atoms in total. The van der Waals surface area contributed by atoms with Crippen LogP contribution in [0, 0.1) is 0 Å². The van der Waals surface area contributed by atoms with Crippen LogP contribution < -0.4 is 19.5 Å². The third-order valence-electron chi connectivity index (χ3n) is 3.97. The first-order valence-electron chi connectivity index (χ1n) is 8.33. The summed E-state index contributed by atoms with van der Waals surface area (Å²) < 4.78 is 16.3. The molecule has 1 N–H and O–H groups in total. The molecule has 134 valence electrons. The molecule has 5 heteroatoms. The molecule has 0 aliphatic carbocycles. The van der Waals surface area contributed by atoms with Crippen molar-refractivity contribution >= 4 is 5.91 Å². The minimum Gasteiger partial charge on any atom is -0.497 e. The molecule has 0 aliphatic rings. The average molecular weight is 343 g/mol. The van der Waals surface area contributed by atoms with Crippen molar-refractivity contribution in [2.45, 2.75) is 32.4 Å². The quantitative estimate of drug-likeness (QED) is 0.793. The van der Waals surface area contributed by atoms with Gasteiger partial charge in [0.05, 0.1) is 20.3 Å². The van der Waals surface area contributed by atoms with Gasteiger partial charge in [-0.15, -0.1) is 0 Å². The molecular weight excluding hydrogens is 318 g/mol. The summed E-state index contributed by atoms with van der Waals surface area (Å²) in [5.41, 5.74) is 0.928. The van der Waals surface area contributed by atoms with Crippen LogP contribution in [0.25, 0.3) is 0 Å². The number of methoxy groups -OCH3 is 2. The maximum absolute atomic E-state index is 12.6. The number of ether oxygens (including phenoxy) is 3. The summed E-state index contributed by atoms with van der Waals surface area (Å²) in [7, 11) is 3.23. The molecule has 0 aromatic heterocycles. The molecule has 0 fully saturated rings. The minimum atomic E-state index is -0.564. The van der Waals surface area contributed by atoms with Crippen molar-refractivity contribution in [2.75, 3.05) is 14.2 Å². The zero-order chi connectivity index (χ0) is 18.2. The van der Waals surface area contributed by atoms with Gasteiger partial charge in [0.2, 0.25) is 0 Å². The van der Waals surface area contributed by atoms with E-state index in [4.69, 9.17) is 14.2 Å². The predicted molar refractivity (Wildman–Crippen MR) is 97.3 cm³/mol. The van der Waals surface area contributed by atoms with Gasteiger partial charge in [0.15, 0.2) is 6.10 Å². The Hall–Kier alpha value is -2.69. The lowest BCUT2D eigenvalue weighted by molar-refractivity contribution is -0.128. The highest BCUT2D eigenvalue weighted by molar-refractivity contribution is 5.81. The van der Waals surface area contributed by atoms with Gasteiger partial charge in [-0.2, -0.15) is 0 Å². The largest absolute Gasteiger partial charge is 0.497 e. The average Bonchev–Trinajstić information content (AvgIpc) is 2.66. The number of nitrogens with one attached hydrogen (secondary N) is 1. The van der Waals surface area contributed by atoms with Gasteiger partial charge in [-0.1, -0.05) is 25.1 Å². The number of carbonyl (C=O) groups is 1. The molecule has 2 aromatic carbocycles. The zero-order valence-corrected chi connectivity index (χ0v) is 15.1. The van der Waals surface area contributed by atoms with E-state index in [1.54, 1.807) is 38.5 Å². The number of para-hydroxylation sites is 1. The second-order valence-electron chi connectivity index (χ2n) is 5.66. The van der Waals surface area contributed by atoms with Crippen molar-refractivity contribution in [1.82, 2.24) is 5.32 Å². The Bertz CT molecular complexity index is 684. The molecular formula is C20H25NO4. The van der Waals surface area contributed by atoms with E-state index in [0.29, 0.717) is 12.2 Å². The van der Waals surface area contributed by atoms with Gasteiger partial charge in [0, 0.05) is 5.56 Å². The Labute approximate surface area is 148 Å². The highest BCUT2D eigenvalue weighted by atomic mass is 16.5. The normalized spacial score (nSPS) is 12.8. The second kappa shape index (κ2) is 8.97. The van der Waals surface area contributed by atoms with Crippen molar-refractivity contribution in [2.24, 2.45) is 0 Å². The van der Waals surface area contributed by atoms with Gasteiger partial charge in [0.1, 0.15) is 17.2 Å². The molecule has 0 spiro atoms. The number of carbonyl (C=O) groups excluding carboxylic acids is 1. The summed E-state index contributed by atoms with van der Waals surface area (Å²) in [6, 6.07) is 14.6. The van der Waals surface area contributed by atoms with Crippen LogP contribution in [0.5, 0.6) is 17.2 Å². The Morgan fingerprint density at radius 2 is 1.64 bits per heavy atom. The molecule has 0 unspecified atom stereocenters. The van der Waals surface area contributed by atoms with Crippen LogP contribution in [0.2, 0.25) is 0 Å². The molecule has 0 saturated carbocycles. The molecule has 2 atom stereocenters. The molecule has 0 saturated heterocycles. The van der Waals surface area contributed by atoms with Crippen LogP contribution in [-0.4, -0.2) is 26.2 Å². The summed E-state index contributed by atoms with van der Waals surface area (Å²) in [6.45, 7) is 3.84. The van der Waals surface area contributed by atoms with Crippen molar-refractivity contribution in [3.63, 3.8) is 0 Å². The molecule has 1 amide bonds. The van der Waals surface area contributed by atoms with E-state index in [0.717, 1.165) is 17.1 Å². The summed E-state index contributed by atoms with van der Waals surface area (Å²) in [5.74, 6) is 1.97. The van der Waals surface area contributed by atoms with E-state index in [9.17, 15) is 4.79 Å². The van der Waals surface area contributed by atoms with Crippen LogP contribution in [0.3, 0.4) is 0 Å². The summed E-state index contributed by atoms with van der Waals surface area (Å²) >= 11 is 0. The number of amides is 1. The fourth-order valence-corrected chi connectivity index (χ4v) is 2.55. The minimum absolute atomic E-state index is 0.156. The zero-order valence-electron chi connectivity index (χ0n) is 15.1. The monoisotopic (exact) mass is 343 g/mol. The number of hydrogen-bond acceptors (Lipinski definition) is 4. The van der Waals surface area contributed by atoms with E-state index in [1.807, 2.05) is 38.1 Å². The lowest BCUT2D eigenvalue weighted by atomic mass is 10.1. The molecule has 2 aromatic rings. The Morgan fingerprint density at radius 1 is 1.00 bits per heavy atom. The maximum atomic E-state index is 12.6. The summed E-state index contributed by atoms with van der Waals surface area (Å²) in [6.07, 6.45) is 0.00168. The predicted octanol–water partition coefficient (Wildman–Crippen LogP) is 3.74. The topological polar surface area (TPSA) is 56.8 Å². The smallest absolute Gasteiger partial charge is 0.261 e. The Balaban J connectivity index is 2.03. The van der Waals surface area contributed by atoms with E-state index in [-0.39, 0.29) is 11.9 Å². The third kappa shape index (κ3) is 4.89. The third-order valence-corrected chi connectivity index (χ3v) is 3.97. The van der Waals surface area contributed by atoms with Crippen molar-refractivity contribution in [3.05, 3.63) is 54.1 Å². The first kappa shape index (κ1) is 18.6. The SMILES string of the molecule is CC[C@@H](Oc1ccc(OC)cc1)C(=O)N[C@H](C)c1ccccc1OC. The van der Waals surface area contributed by atoms with Gasteiger partial charge >= 0.3 is 0 Å². The van der Waals surface area contributed by atoms with Crippen molar-refractivity contribution < 1.29 is 19.0 Å². The van der Waals surface area contributed by atoms with Crippen LogP contribution in [0.1, 0.15) is 31.9 Å². The Morgan fingerprint density at radius 3 is 2.24 bits per heavy atom. The van der Waals surface area contributed by atoms with E-state index in [1.165, 1.54) is 0 Å². The number of rotatable bonds is 8. The van der Waals surface area contributed by atoms with E-state index < -0.39 is 6.10 Å². The van der Waals surface area contributed by atoms with E-state index >= 15 is 0 Å². The van der Waals surface area contributed by atoms with Crippen LogP contribution in [0.15, 0.2) is 48.5 Å². The van der Waals surface area contributed by atoms with Crippen LogP contribution in [-0.2, 0) is 4.79 Å². The van der Waals surface area contributed by atoms with Gasteiger partial charge in [-0.3, -0.25) is 4.79 Å². The van der Waals surface area contributed by atoms with Gasteiger partial charge in [-0.05, 0) is 43.7 Å². The number of hydrogen-bond donors (Lipinski definition) is 1. The standard InChI is InChI=1S/C20H25NO4/c1-5-18(25-16-12-10-15(23-3)11-13-16)20(22)21-14(2)17-8-6-7-9-19(17)24-4/h6-14,18H,5H2,1-4H3,(H,21,22)/t14-,18-/m1/s1. The molecule has 25 heavy (non-hydrogen) atoms. The van der Waals surface area contributed by atoms with Gasteiger partial charge < -0.3 is 19.5 Å². The molecule has 0 heterocycles. The fraction of sp³-hybridized carbons (Fsp3) is 0.350. The maximum Gasteiger partial charge on any atom is 0.261 e. The number of benzene rings is 2. The van der Waals surface area contributed by atoms with Crippen molar-refractivity contribution in [1.29, 1.82) is 0 Å². The molecule has 0 radical (unpaired) electrons. The summed E-state index contributed by atoms with van der Waals surface area (Å²) in [5, 5.41) is 3.00. The second-order valence-corrected chi connectivity index (χ2v) is 5.66. The fourth-order valence-electron chi connectivity index (χ4n) is 2.55. The lowest BCUT2D eigenvalue weighted by Crippen LogP contribution is -2.39. The van der Waals surface area contributed by atoms with E-state index in [2.05, 4.69) is 5.32 Å². The lowest BCUT2D eigenvalue weighted by Gasteiger charge is -2.22. The van der Waals surface area contributed by atoms with Crippen LogP contribution in [0.4, 0.5) is 0 Å². The van der Waals surface area contributed by atoms with Gasteiger partial charge in [0.25, 0.3) is 5.91 Å². The van der Waals surface area contributed by atoms with Crippen LogP contribution >= 0.6 is 0 Å².